The molecule has 4 heterocycles. The first-order chi connectivity index (χ1) is 24.2. The maximum Gasteiger partial charge on any atom is 0.313 e. The summed E-state index contributed by atoms with van der Waals surface area (Å²) in [7, 11) is 0. The zero-order valence-electron chi connectivity index (χ0n) is 28.3. The zero-order chi connectivity index (χ0) is 35.0. The van der Waals surface area contributed by atoms with E-state index in [9.17, 15) is 19.5 Å². The van der Waals surface area contributed by atoms with Crippen molar-refractivity contribution in [3.05, 3.63) is 103 Å². The lowest BCUT2D eigenvalue weighted by Gasteiger charge is -2.39. The first-order valence-corrected chi connectivity index (χ1v) is 17.5. The molecule has 10 heteroatoms. The van der Waals surface area contributed by atoms with Crippen LogP contribution in [0.2, 0.25) is 0 Å². The number of rotatable bonds is 6. The molecule has 0 aliphatic carbocycles. The number of amides is 3. The van der Waals surface area contributed by atoms with Gasteiger partial charge in [0.05, 0.1) is 31.2 Å². The fraction of sp³-hybridized carbons (Fsp3) is 0.400. The molecule has 50 heavy (non-hydrogen) atoms. The molecule has 0 unspecified atom stereocenters. The van der Waals surface area contributed by atoms with Crippen LogP contribution < -0.4 is 10.2 Å². The van der Waals surface area contributed by atoms with Gasteiger partial charge < -0.3 is 29.7 Å². The number of aliphatic hydroxyl groups is 1. The van der Waals surface area contributed by atoms with Crippen molar-refractivity contribution in [2.45, 2.75) is 63.0 Å². The molecule has 10 nitrogen and oxygen atoms in total. The fourth-order valence-corrected chi connectivity index (χ4v) is 8.11. The number of carbonyl (C=O) groups is 4. The summed E-state index contributed by atoms with van der Waals surface area (Å²) in [6.45, 7) is 3.87. The summed E-state index contributed by atoms with van der Waals surface area (Å²) in [4.78, 5) is 60.2. The largest absolute Gasteiger partial charge is 0.455 e. The Kier molecular flexibility index (Phi) is 9.32. The minimum atomic E-state index is -1.45. The lowest BCUT2D eigenvalue weighted by atomic mass is 9.74. The van der Waals surface area contributed by atoms with Gasteiger partial charge in [0.15, 0.2) is 0 Å². The minimum absolute atomic E-state index is 0.0556. The number of allylic oxidation sites excluding steroid dienone is 1. The molecule has 260 valence electrons. The Balaban J connectivity index is 1.34. The molecular formula is C40H43N3O7. The van der Waals surface area contributed by atoms with Crippen molar-refractivity contribution in [1.29, 1.82) is 0 Å². The molecule has 7 atom stereocenters. The molecule has 3 amide bonds. The Hall–Kier alpha value is -4.80. The molecule has 2 N–H and O–H groups in total. The molecule has 2 saturated heterocycles. The molecule has 3 aromatic carbocycles. The highest BCUT2D eigenvalue weighted by Gasteiger charge is 2.74. The number of cyclic esters (lactones) is 1. The van der Waals surface area contributed by atoms with Crippen molar-refractivity contribution in [2.24, 2.45) is 17.8 Å². The third kappa shape index (κ3) is 6.00. The first-order valence-electron chi connectivity index (χ1n) is 17.5. The molecular weight excluding hydrogens is 634 g/mol. The fourth-order valence-electron chi connectivity index (χ4n) is 8.11. The molecule has 5 bridgehead atoms. The number of nitrogens with zero attached hydrogens (tertiary/aromatic N) is 2. The van der Waals surface area contributed by atoms with Crippen molar-refractivity contribution in [3.63, 3.8) is 0 Å². The summed E-state index contributed by atoms with van der Waals surface area (Å²) in [6.07, 6.45) is 6.75. The zero-order valence-corrected chi connectivity index (χ0v) is 28.3. The number of likely N-dealkylation sites (tertiary alicyclic amines) is 1. The number of ether oxygens (including phenoxy) is 2. The van der Waals surface area contributed by atoms with Gasteiger partial charge in [0, 0.05) is 18.7 Å². The number of hydrogen-bond acceptors (Lipinski definition) is 7. The molecule has 3 aromatic rings. The third-order valence-corrected chi connectivity index (χ3v) is 10.4. The Morgan fingerprint density at radius 2 is 1.70 bits per heavy atom. The van der Waals surface area contributed by atoms with E-state index in [0.29, 0.717) is 24.1 Å². The highest BCUT2D eigenvalue weighted by atomic mass is 16.6. The highest BCUT2D eigenvalue weighted by molar-refractivity contribution is 6.06. The smallest absolute Gasteiger partial charge is 0.313 e. The lowest BCUT2D eigenvalue weighted by molar-refractivity contribution is -0.160. The molecule has 0 aromatic heterocycles. The number of fused-ring (bicyclic) bond motifs is 3. The van der Waals surface area contributed by atoms with Crippen LogP contribution in [0, 0.1) is 17.8 Å². The van der Waals surface area contributed by atoms with E-state index in [1.165, 1.54) is 4.90 Å². The van der Waals surface area contributed by atoms with Crippen LogP contribution >= 0.6 is 0 Å². The quantitative estimate of drug-likeness (QED) is 0.291. The van der Waals surface area contributed by atoms with Crippen molar-refractivity contribution in [2.75, 3.05) is 24.6 Å². The topological polar surface area (TPSA) is 125 Å². The van der Waals surface area contributed by atoms with Crippen molar-refractivity contribution < 1.29 is 33.8 Å². The van der Waals surface area contributed by atoms with Gasteiger partial charge in [-0.2, -0.15) is 0 Å². The predicted molar refractivity (Wildman–Crippen MR) is 188 cm³/mol. The second-order valence-electron chi connectivity index (χ2n) is 14.0. The van der Waals surface area contributed by atoms with Gasteiger partial charge in [0.2, 0.25) is 11.8 Å². The van der Waals surface area contributed by atoms with Crippen molar-refractivity contribution in [1.82, 2.24) is 10.2 Å². The van der Waals surface area contributed by atoms with Crippen LogP contribution in [0.15, 0.2) is 97.1 Å². The van der Waals surface area contributed by atoms with Crippen LogP contribution in [0.3, 0.4) is 0 Å². The van der Waals surface area contributed by atoms with E-state index in [4.69, 9.17) is 9.47 Å². The highest BCUT2D eigenvalue weighted by Crippen LogP contribution is 2.56. The van der Waals surface area contributed by atoms with Crippen molar-refractivity contribution >= 4 is 40.2 Å². The maximum absolute atomic E-state index is 15.2. The number of esters is 1. The molecule has 4 aliphatic rings. The standard InChI is InChI=1S/C40H43N3O7/c1-25(2)21-30(24-44)43-36-38(47)42(29-17-16-26-11-8-9-14-28(26)22-29)20-10-4-7-15-33(45)41-23-32(27-12-5-3-6-13-27)49-39(48)34-31-18-19-40(36,50-31)35(34)37(43)46/h3-6,8-14,16-19,22,25,30-32,34-36,44H,7,15,20-21,23-24H2,1-2H3,(H,41,45)/b10-4-/t30-,31-,32-,34+,35+,36-,40+/m1/s1. The van der Waals surface area contributed by atoms with Crippen LogP contribution in [0.4, 0.5) is 5.69 Å². The van der Waals surface area contributed by atoms with Gasteiger partial charge in [-0.1, -0.05) is 98.8 Å². The predicted octanol–water partition coefficient (Wildman–Crippen LogP) is 4.48. The summed E-state index contributed by atoms with van der Waals surface area (Å²) >= 11 is 0. The van der Waals surface area contributed by atoms with Crippen molar-refractivity contribution in [3.8, 4) is 0 Å². The number of benzene rings is 3. The summed E-state index contributed by atoms with van der Waals surface area (Å²) in [6, 6.07) is 21.0. The summed E-state index contributed by atoms with van der Waals surface area (Å²) in [5, 5.41) is 15.6. The second kappa shape index (κ2) is 13.8. The molecule has 0 saturated carbocycles. The van der Waals surface area contributed by atoms with Crippen LogP contribution in [0.5, 0.6) is 0 Å². The van der Waals surface area contributed by atoms with Crippen LogP contribution in [0.25, 0.3) is 10.8 Å². The normalized spacial score (nSPS) is 29.7. The van der Waals surface area contributed by atoms with Crippen LogP contribution in [-0.4, -0.2) is 77.2 Å². The Labute approximate surface area is 291 Å². The monoisotopic (exact) mass is 677 g/mol. The average molecular weight is 678 g/mol. The first kappa shape index (κ1) is 33.7. The van der Waals surface area contributed by atoms with Gasteiger partial charge in [0.25, 0.3) is 5.91 Å². The Morgan fingerprint density at radius 3 is 2.46 bits per heavy atom. The van der Waals surface area contributed by atoms with E-state index in [1.54, 1.807) is 17.1 Å². The van der Waals surface area contributed by atoms with Gasteiger partial charge in [0.1, 0.15) is 23.7 Å². The van der Waals surface area contributed by atoms with E-state index in [-0.39, 0.29) is 43.8 Å². The van der Waals surface area contributed by atoms with Gasteiger partial charge in [-0.3, -0.25) is 19.2 Å². The third-order valence-electron chi connectivity index (χ3n) is 10.4. The molecule has 2 fully saturated rings. The van der Waals surface area contributed by atoms with E-state index >= 15 is 4.79 Å². The number of aliphatic hydroxyl groups excluding tert-OH is 1. The van der Waals surface area contributed by atoms with E-state index in [1.807, 2.05) is 98.8 Å². The van der Waals surface area contributed by atoms with E-state index in [2.05, 4.69) is 5.32 Å². The molecule has 1 spiro atoms. The van der Waals surface area contributed by atoms with Gasteiger partial charge >= 0.3 is 5.97 Å². The molecule has 7 rings (SSSR count). The second-order valence-corrected chi connectivity index (χ2v) is 14.0. The number of anilines is 1. The number of carbonyl (C=O) groups excluding carboxylic acids is 4. The SMILES string of the molecule is CC(C)C[C@H](CO)N1C(=O)[C@@H]2[C@H]3C(=O)O[C@@H](c4ccccc4)CNC(=O)CC/C=C\CN(c4ccc5ccccc5c4)C(=O)[C@@H]1[C@]21C=C[C@H]3O1. The Bertz CT molecular complexity index is 1840. The maximum atomic E-state index is 15.2. The minimum Gasteiger partial charge on any atom is -0.455 e. The van der Waals surface area contributed by atoms with Gasteiger partial charge in [-0.25, -0.2) is 0 Å². The van der Waals surface area contributed by atoms with Gasteiger partial charge in [-0.15, -0.1) is 0 Å². The number of hydrogen-bond donors (Lipinski definition) is 2. The number of nitrogens with one attached hydrogen (secondary N) is 1. The summed E-state index contributed by atoms with van der Waals surface area (Å²) in [5.74, 6) is -3.61. The average Bonchev–Trinajstić information content (AvgIpc) is 3.77. The van der Waals surface area contributed by atoms with E-state index < -0.39 is 53.6 Å². The van der Waals surface area contributed by atoms with Gasteiger partial charge in [-0.05, 0) is 47.2 Å². The lowest BCUT2D eigenvalue weighted by Crippen LogP contribution is -2.59. The molecule has 0 radical (unpaired) electrons. The Morgan fingerprint density at radius 1 is 0.940 bits per heavy atom. The molecule has 4 aliphatic heterocycles. The summed E-state index contributed by atoms with van der Waals surface area (Å²) < 4.78 is 12.8. The summed E-state index contributed by atoms with van der Waals surface area (Å²) in [5.41, 5.74) is -0.122. The van der Waals surface area contributed by atoms with Crippen LogP contribution in [-0.2, 0) is 28.7 Å². The van der Waals surface area contributed by atoms with Crippen LogP contribution in [0.1, 0.15) is 44.8 Å². The van der Waals surface area contributed by atoms with E-state index in [0.717, 1.165) is 10.8 Å².